The fourth-order valence-electron chi connectivity index (χ4n) is 4.74. The zero-order chi connectivity index (χ0) is 22.9. The van der Waals surface area contributed by atoms with Crippen LogP contribution in [-0.4, -0.2) is 28.1 Å². The summed E-state index contributed by atoms with van der Waals surface area (Å²) in [5, 5.41) is 11.3. The van der Waals surface area contributed by atoms with Gasteiger partial charge in [0.05, 0.1) is 17.4 Å². The van der Waals surface area contributed by atoms with Crippen molar-refractivity contribution < 1.29 is 19.5 Å². The van der Waals surface area contributed by atoms with E-state index in [1.54, 1.807) is 66.7 Å². The van der Waals surface area contributed by atoms with E-state index in [1.807, 2.05) is 18.2 Å². The lowest BCUT2D eigenvalue weighted by Gasteiger charge is -2.45. The summed E-state index contributed by atoms with van der Waals surface area (Å²) >= 11 is 3.42. The number of carbonyl (C=O) groups excluding carboxylic acids is 3. The summed E-state index contributed by atoms with van der Waals surface area (Å²) in [4.78, 5) is 40.5. The summed E-state index contributed by atoms with van der Waals surface area (Å²) in [6.07, 6.45) is -0.257. The second-order valence-corrected chi connectivity index (χ2v) is 9.41. The molecule has 0 bridgehead atoms. The number of benzene rings is 3. The maximum Gasteiger partial charge on any atom is 0.173 e. The van der Waals surface area contributed by atoms with Gasteiger partial charge in [-0.1, -0.05) is 88.7 Å². The summed E-state index contributed by atoms with van der Waals surface area (Å²) in [6.45, 7) is 1.52. The van der Waals surface area contributed by atoms with Gasteiger partial charge in [0.2, 0.25) is 0 Å². The zero-order valence-electron chi connectivity index (χ0n) is 17.6. The Hall–Kier alpha value is -2.89. The van der Waals surface area contributed by atoms with Gasteiger partial charge in [0.25, 0.3) is 0 Å². The molecule has 3 aromatic carbocycles. The molecule has 0 heterocycles. The van der Waals surface area contributed by atoms with E-state index < -0.39 is 23.4 Å². The molecule has 0 aliphatic heterocycles. The summed E-state index contributed by atoms with van der Waals surface area (Å²) < 4.78 is 0.840. The fraction of sp³-hybridized carbons (Fsp3) is 0.222. The van der Waals surface area contributed by atoms with E-state index in [-0.39, 0.29) is 23.8 Å². The molecule has 4 unspecified atom stereocenters. The largest absolute Gasteiger partial charge is 0.389 e. The highest BCUT2D eigenvalue weighted by molar-refractivity contribution is 9.10. The Labute approximate surface area is 195 Å². The lowest BCUT2D eigenvalue weighted by Crippen LogP contribution is -2.54. The Morgan fingerprint density at radius 3 is 1.88 bits per heavy atom. The maximum atomic E-state index is 13.7. The second kappa shape index (κ2) is 8.93. The van der Waals surface area contributed by atoms with Crippen LogP contribution in [0.5, 0.6) is 0 Å². The zero-order valence-corrected chi connectivity index (χ0v) is 19.2. The third-order valence-electron chi connectivity index (χ3n) is 6.20. The smallest absolute Gasteiger partial charge is 0.173 e. The van der Waals surface area contributed by atoms with Crippen LogP contribution < -0.4 is 0 Å². The maximum absolute atomic E-state index is 13.7. The lowest BCUT2D eigenvalue weighted by atomic mass is 9.58. The lowest BCUT2D eigenvalue weighted by molar-refractivity contribution is -0.134. The molecule has 0 aromatic heterocycles. The van der Waals surface area contributed by atoms with Gasteiger partial charge in [-0.25, -0.2) is 0 Å². The number of carbonyl (C=O) groups is 3. The monoisotopic (exact) mass is 490 g/mol. The van der Waals surface area contributed by atoms with Crippen molar-refractivity contribution >= 4 is 33.3 Å². The van der Waals surface area contributed by atoms with Gasteiger partial charge in [0, 0.05) is 27.9 Å². The molecule has 1 aliphatic rings. The number of rotatable bonds is 5. The minimum atomic E-state index is -1.59. The minimum Gasteiger partial charge on any atom is -0.389 e. The number of ketones is 3. The van der Waals surface area contributed by atoms with Crippen LogP contribution in [0.3, 0.4) is 0 Å². The molecular formula is C27H23BrO4. The Bertz CT molecular complexity index is 1140. The fourth-order valence-corrected chi connectivity index (χ4v) is 5.01. The molecule has 0 spiro atoms. The number of hydrogen-bond donors (Lipinski definition) is 1. The van der Waals surface area contributed by atoms with E-state index in [2.05, 4.69) is 15.9 Å². The molecule has 1 aliphatic carbocycles. The average molecular weight is 491 g/mol. The number of hydrogen-bond acceptors (Lipinski definition) is 4. The van der Waals surface area contributed by atoms with Crippen LogP contribution in [0.2, 0.25) is 0 Å². The topological polar surface area (TPSA) is 71.4 Å². The summed E-state index contributed by atoms with van der Waals surface area (Å²) in [5.41, 5.74) is -0.0551. The van der Waals surface area contributed by atoms with Crippen LogP contribution >= 0.6 is 15.9 Å². The molecule has 32 heavy (non-hydrogen) atoms. The van der Waals surface area contributed by atoms with Crippen LogP contribution in [0.4, 0.5) is 0 Å². The third kappa shape index (κ3) is 4.23. The number of halogens is 1. The minimum absolute atomic E-state index is 0.257. The van der Waals surface area contributed by atoms with Gasteiger partial charge in [-0.3, -0.25) is 14.4 Å². The van der Waals surface area contributed by atoms with E-state index in [1.165, 1.54) is 6.92 Å². The van der Waals surface area contributed by atoms with Gasteiger partial charge in [-0.05, 0) is 24.6 Å². The number of aliphatic hydroxyl groups is 1. The van der Waals surface area contributed by atoms with Gasteiger partial charge in [0.1, 0.15) is 5.78 Å². The van der Waals surface area contributed by atoms with Crippen molar-refractivity contribution in [3.63, 3.8) is 0 Å². The molecule has 0 saturated heterocycles. The van der Waals surface area contributed by atoms with Gasteiger partial charge in [0.15, 0.2) is 11.6 Å². The highest BCUT2D eigenvalue weighted by atomic mass is 79.9. The summed E-state index contributed by atoms with van der Waals surface area (Å²) in [5.74, 6) is -3.77. The second-order valence-electron chi connectivity index (χ2n) is 8.49. The molecule has 1 saturated carbocycles. The average Bonchev–Trinajstić information content (AvgIpc) is 2.79. The van der Waals surface area contributed by atoms with Crippen molar-refractivity contribution in [1.29, 1.82) is 0 Å². The highest BCUT2D eigenvalue weighted by Crippen LogP contribution is 2.48. The third-order valence-corrected chi connectivity index (χ3v) is 6.73. The first kappa shape index (κ1) is 22.3. The van der Waals surface area contributed by atoms with Gasteiger partial charge in [-0.15, -0.1) is 0 Å². The molecule has 162 valence electrons. The molecular weight excluding hydrogens is 468 g/mol. The number of Topliss-reactive ketones (excluding diaryl/α,β-unsaturated/α-hetero) is 3. The molecule has 4 atom stereocenters. The molecule has 0 amide bonds. The van der Waals surface area contributed by atoms with Crippen molar-refractivity contribution in [1.82, 2.24) is 0 Å². The first-order chi connectivity index (χ1) is 15.3. The van der Waals surface area contributed by atoms with E-state index in [0.717, 1.165) is 4.47 Å². The van der Waals surface area contributed by atoms with Gasteiger partial charge < -0.3 is 5.11 Å². The molecule has 5 heteroatoms. The van der Waals surface area contributed by atoms with Gasteiger partial charge >= 0.3 is 0 Å². The van der Waals surface area contributed by atoms with Crippen molar-refractivity contribution in [2.75, 3.05) is 0 Å². The molecule has 0 radical (unpaired) electrons. The van der Waals surface area contributed by atoms with Gasteiger partial charge in [-0.2, -0.15) is 0 Å². The predicted molar refractivity (Wildman–Crippen MR) is 126 cm³/mol. The van der Waals surface area contributed by atoms with E-state index in [4.69, 9.17) is 0 Å². The molecule has 3 aromatic rings. The first-order valence-electron chi connectivity index (χ1n) is 10.5. The van der Waals surface area contributed by atoms with Crippen LogP contribution in [-0.2, 0) is 4.79 Å². The van der Waals surface area contributed by atoms with Crippen molar-refractivity contribution in [2.24, 2.45) is 11.8 Å². The van der Waals surface area contributed by atoms with Crippen LogP contribution in [0.1, 0.15) is 45.5 Å². The molecule has 4 nitrogen and oxygen atoms in total. The van der Waals surface area contributed by atoms with Crippen molar-refractivity contribution in [2.45, 2.75) is 24.9 Å². The predicted octanol–water partition coefficient (Wildman–Crippen LogP) is 5.25. The van der Waals surface area contributed by atoms with E-state index in [9.17, 15) is 19.5 Å². The van der Waals surface area contributed by atoms with Crippen molar-refractivity contribution in [3.05, 3.63) is 106 Å². The molecule has 1 fully saturated rings. The Balaban J connectivity index is 1.89. The van der Waals surface area contributed by atoms with Crippen molar-refractivity contribution in [3.8, 4) is 0 Å². The quantitative estimate of drug-likeness (QED) is 0.391. The van der Waals surface area contributed by atoms with Crippen LogP contribution in [0, 0.1) is 11.8 Å². The van der Waals surface area contributed by atoms with Crippen LogP contribution in [0.15, 0.2) is 89.4 Å². The summed E-state index contributed by atoms with van der Waals surface area (Å²) in [7, 11) is 0. The Morgan fingerprint density at radius 2 is 1.34 bits per heavy atom. The first-order valence-corrected chi connectivity index (χ1v) is 11.3. The van der Waals surface area contributed by atoms with E-state index in [0.29, 0.717) is 16.7 Å². The van der Waals surface area contributed by atoms with E-state index >= 15 is 0 Å². The SMILES string of the molecule is CC1(O)CC(=O)C(C(=O)c2ccccc2)C(c2ccc(Br)cc2)C1C(=O)c1ccccc1. The Morgan fingerprint density at radius 1 is 0.844 bits per heavy atom. The highest BCUT2D eigenvalue weighted by Gasteiger charge is 2.55. The Kier molecular flexibility index (Phi) is 6.22. The summed E-state index contributed by atoms with van der Waals surface area (Å²) in [6, 6.07) is 24.6. The standard InChI is InChI=1S/C27H23BrO4/c1-27(32)16-21(29)23(25(30)18-8-4-2-5-9-18)22(17-12-14-20(28)15-13-17)24(27)26(31)19-10-6-3-7-11-19/h2-15,22-24,32H,16H2,1H3. The molecule has 1 N–H and O–H groups in total. The van der Waals surface area contributed by atoms with Crippen LogP contribution in [0.25, 0.3) is 0 Å². The molecule has 4 rings (SSSR count). The normalized spacial score (nSPS) is 25.3.